The van der Waals surface area contributed by atoms with Crippen LogP contribution in [0, 0.1) is 0 Å². The Kier molecular flexibility index (Phi) is 3.80. The first-order chi connectivity index (χ1) is 9.24. The lowest BCUT2D eigenvalue weighted by Crippen LogP contribution is -2.32. The highest BCUT2D eigenvalue weighted by molar-refractivity contribution is 9.10. The van der Waals surface area contributed by atoms with E-state index in [9.17, 15) is 0 Å². The normalized spacial score (nSPS) is 18.9. The highest BCUT2D eigenvalue weighted by Crippen LogP contribution is 2.37. The standard InChI is InChI=1S/C15H12Br2O2/c16-11-7-5-10(6-8-11)15(17)14-9-18-12-3-1-2-4-13(12)19-14/h1-8,14-15H,9H2. The summed E-state index contributed by atoms with van der Waals surface area (Å²) in [5.74, 6) is 1.62. The van der Waals surface area contributed by atoms with E-state index in [0.717, 1.165) is 16.0 Å². The Balaban J connectivity index is 1.79. The molecule has 2 nitrogen and oxygen atoms in total. The fourth-order valence-corrected chi connectivity index (χ4v) is 2.87. The van der Waals surface area contributed by atoms with Gasteiger partial charge in [0.25, 0.3) is 0 Å². The zero-order valence-corrected chi connectivity index (χ0v) is 13.2. The van der Waals surface area contributed by atoms with Gasteiger partial charge in [-0.2, -0.15) is 0 Å². The summed E-state index contributed by atoms with van der Waals surface area (Å²) >= 11 is 7.14. The van der Waals surface area contributed by atoms with E-state index in [2.05, 4.69) is 44.0 Å². The summed E-state index contributed by atoms with van der Waals surface area (Å²) in [6, 6.07) is 16.0. The number of fused-ring (bicyclic) bond motifs is 1. The molecule has 2 atom stereocenters. The summed E-state index contributed by atoms with van der Waals surface area (Å²) in [5.41, 5.74) is 1.18. The van der Waals surface area contributed by atoms with Gasteiger partial charge in [0.15, 0.2) is 11.5 Å². The molecule has 0 aliphatic carbocycles. The fraction of sp³-hybridized carbons (Fsp3) is 0.200. The maximum Gasteiger partial charge on any atom is 0.161 e. The number of alkyl halides is 1. The molecule has 0 aromatic heterocycles. The Labute approximate surface area is 129 Å². The van der Waals surface area contributed by atoms with Crippen molar-refractivity contribution < 1.29 is 9.47 Å². The molecule has 0 amide bonds. The van der Waals surface area contributed by atoms with Gasteiger partial charge in [-0.05, 0) is 29.8 Å². The van der Waals surface area contributed by atoms with Gasteiger partial charge in [0.05, 0.1) is 4.83 Å². The molecule has 1 heterocycles. The average molecular weight is 384 g/mol. The lowest BCUT2D eigenvalue weighted by Gasteiger charge is -2.29. The zero-order valence-electron chi connectivity index (χ0n) is 10.1. The smallest absolute Gasteiger partial charge is 0.161 e. The molecule has 98 valence electrons. The third kappa shape index (κ3) is 2.79. The monoisotopic (exact) mass is 382 g/mol. The summed E-state index contributed by atoms with van der Waals surface area (Å²) < 4.78 is 12.8. The average Bonchev–Trinajstić information content (AvgIpc) is 2.47. The van der Waals surface area contributed by atoms with Crippen LogP contribution in [0.1, 0.15) is 10.4 Å². The molecular weight excluding hydrogens is 372 g/mol. The van der Waals surface area contributed by atoms with E-state index in [4.69, 9.17) is 9.47 Å². The van der Waals surface area contributed by atoms with Gasteiger partial charge in [-0.3, -0.25) is 0 Å². The van der Waals surface area contributed by atoms with Crippen LogP contribution in [0.15, 0.2) is 53.0 Å². The molecule has 1 aliphatic heterocycles. The minimum atomic E-state index is -0.0314. The molecule has 4 heteroatoms. The van der Waals surface area contributed by atoms with Crippen LogP contribution in [0.25, 0.3) is 0 Å². The first-order valence-electron chi connectivity index (χ1n) is 6.02. The van der Waals surface area contributed by atoms with Crippen molar-refractivity contribution in [3.8, 4) is 11.5 Å². The number of ether oxygens (including phenoxy) is 2. The van der Waals surface area contributed by atoms with Gasteiger partial charge >= 0.3 is 0 Å². The van der Waals surface area contributed by atoms with Crippen LogP contribution in [-0.2, 0) is 0 Å². The molecule has 0 N–H and O–H groups in total. The minimum absolute atomic E-state index is 0.0314. The van der Waals surface area contributed by atoms with Crippen molar-refractivity contribution in [3.63, 3.8) is 0 Å². The Morgan fingerprint density at radius 1 is 1.00 bits per heavy atom. The predicted molar refractivity (Wildman–Crippen MR) is 82.2 cm³/mol. The van der Waals surface area contributed by atoms with Gasteiger partial charge in [-0.15, -0.1) is 0 Å². The lowest BCUT2D eigenvalue weighted by molar-refractivity contribution is 0.0905. The number of rotatable bonds is 2. The second-order valence-electron chi connectivity index (χ2n) is 4.37. The van der Waals surface area contributed by atoms with Crippen LogP contribution in [0.5, 0.6) is 11.5 Å². The van der Waals surface area contributed by atoms with Crippen molar-refractivity contribution in [3.05, 3.63) is 58.6 Å². The molecule has 0 bridgehead atoms. The van der Waals surface area contributed by atoms with Crippen LogP contribution >= 0.6 is 31.9 Å². The molecule has 2 unspecified atom stereocenters. The maximum atomic E-state index is 5.99. The maximum absolute atomic E-state index is 5.99. The van der Waals surface area contributed by atoms with Crippen molar-refractivity contribution in [2.24, 2.45) is 0 Å². The van der Waals surface area contributed by atoms with Gasteiger partial charge in [0, 0.05) is 4.47 Å². The predicted octanol–water partition coefficient (Wildman–Crippen LogP) is 4.73. The molecule has 0 saturated heterocycles. The molecule has 0 saturated carbocycles. The highest BCUT2D eigenvalue weighted by atomic mass is 79.9. The molecule has 2 aromatic carbocycles. The molecule has 1 aliphatic rings. The number of benzene rings is 2. The van der Waals surface area contributed by atoms with Crippen LogP contribution in [0.4, 0.5) is 0 Å². The van der Waals surface area contributed by atoms with Gasteiger partial charge in [0.2, 0.25) is 0 Å². The third-order valence-electron chi connectivity index (χ3n) is 3.05. The number of hydrogen-bond acceptors (Lipinski definition) is 2. The van der Waals surface area contributed by atoms with Gasteiger partial charge in [0.1, 0.15) is 12.7 Å². The Morgan fingerprint density at radius 3 is 2.42 bits per heavy atom. The number of halogens is 2. The fourth-order valence-electron chi connectivity index (χ4n) is 2.04. The number of para-hydroxylation sites is 2. The topological polar surface area (TPSA) is 18.5 Å². The zero-order chi connectivity index (χ0) is 13.2. The van der Waals surface area contributed by atoms with Gasteiger partial charge in [-0.1, -0.05) is 56.1 Å². The van der Waals surface area contributed by atoms with E-state index < -0.39 is 0 Å². The van der Waals surface area contributed by atoms with Crippen LogP contribution < -0.4 is 9.47 Å². The Hall–Kier alpha value is -1.00. The summed E-state index contributed by atoms with van der Waals surface area (Å²) in [6.07, 6.45) is -0.0314. The van der Waals surface area contributed by atoms with Crippen LogP contribution in [0.2, 0.25) is 0 Å². The molecule has 0 radical (unpaired) electrons. The molecule has 0 fully saturated rings. The van der Waals surface area contributed by atoms with E-state index in [-0.39, 0.29) is 10.9 Å². The third-order valence-corrected chi connectivity index (χ3v) is 4.69. The SMILES string of the molecule is Brc1ccc(C(Br)C2COc3ccccc3O2)cc1. The van der Waals surface area contributed by atoms with Crippen molar-refractivity contribution in [2.75, 3.05) is 6.61 Å². The Morgan fingerprint density at radius 2 is 1.68 bits per heavy atom. The lowest BCUT2D eigenvalue weighted by atomic mass is 10.1. The molecular formula is C15H12Br2O2. The molecule has 19 heavy (non-hydrogen) atoms. The van der Waals surface area contributed by atoms with Crippen molar-refractivity contribution in [1.29, 1.82) is 0 Å². The Bertz CT molecular complexity index is 569. The summed E-state index contributed by atoms with van der Waals surface area (Å²) in [7, 11) is 0. The van der Waals surface area contributed by atoms with Crippen LogP contribution in [-0.4, -0.2) is 12.7 Å². The quantitative estimate of drug-likeness (QED) is 0.698. The molecule has 3 rings (SSSR count). The summed E-state index contributed by atoms with van der Waals surface area (Å²) in [4.78, 5) is 0.106. The van der Waals surface area contributed by atoms with E-state index in [0.29, 0.717) is 6.61 Å². The summed E-state index contributed by atoms with van der Waals surface area (Å²) in [6.45, 7) is 0.545. The van der Waals surface area contributed by atoms with E-state index in [1.54, 1.807) is 0 Å². The van der Waals surface area contributed by atoms with Crippen LogP contribution in [0.3, 0.4) is 0 Å². The number of hydrogen-bond donors (Lipinski definition) is 0. The second-order valence-corrected chi connectivity index (χ2v) is 6.27. The molecule has 2 aromatic rings. The van der Waals surface area contributed by atoms with E-state index in [1.165, 1.54) is 5.56 Å². The van der Waals surface area contributed by atoms with Crippen molar-refractivity contribution in [2.45, 2.75) is 10.9 Å². The van der Waals surface area contributed by atoms with E-state index >= 15 is 0 Å². The second kappa shape index (κ2) is 5.55. The van der Waals surface area contributed by atoms with Crippen molar-refractivity contribution in [1.82, 2.24) is 0 Å². The van der Waals surface area contributed by atoms with E-state index in [1.807, 2.05) is 36.4 Å². The minimum Gasteiger partial charge on any atom is -0.486 e. The van der Waals surface area contributed by atoms with Crippen molar-refractivity contribution >= 4 is 31.9 Å². The largest absolute Gasteiger partial charge is 0.486 e. The van der Waals surface area contributed by atoms with Gasteiger partial charge in [-0.25, -0.2) is 0 Å². The summed E-state index contributed by atoms with van der Waals surface area (Å²) in [5, 5.41) is 0. The first kappa shape index (κ1) is 13.0. The highest BCUT2D eigenvalue weighted by Gasteiger charge is 2.28. The van der Waals surface area contributed by atoms with Gasteiger partial charge < -0.3 is 9.47 Å². The first-order valence-corrected chi connectivity index (χ1v) is 7.73. The molecule has 0 spiro atoms.